The maximum Gasteiger partial charge on any atom is 0.127 e. The van der Waals surface area contributed by atoms with Crippen molar-refractivity contribution in [2.45, 2.75) is 38.8 Å². The van der Waals surface area contributed by atoms with Crippen molar-refractivity contribution in [1.82, 2.24) is 10.6 Å². The van der Waals surface area contributed by atoms with Crippen molar-refractivity contribution in [1.29, 1.82) is 0 Å². The van der Waals surface area contributed by atoms with E-state index in [9.17, 15) is 0 Å². The van der Waals surface area contributed by atoms with Crippen LogP contribution in [0.15, 0.2) is 6.07 Å². The van der Waals surface area contributed by atoms with Gasteiger partial charge in [0.2, 0.25) is 0 Å². The molecule has 4 nitrogen and oxygen atoms in total. The first-order valence-electron chi connectivity index (χ1n) is 7.41. The first-order chi connectivity index (χ1) is 9.76. The SMILES string of the molecule is CCCC1NCCc2c(OC)c(CNC)cc(OC)c21. The van der Waals surface area contributed by atoms with Gasteiger partial charge in [0.1, 0.15) is 11.5 Å². The number of hydrogen-bond donors (Lipinski definition) is 2. The molecule has 0 saturated heterocycles. The van der Waals surface area contributed by atoms with Crippen LogP contribution in [-0.4, -0.2) is 27.8 Å². The average Bonchev–Trinajstić information content (AvgIpc) is 2.47. The van der Waals surface area contributed by atoms with E-state index in [2.05, 4.69) is 23.6 Å². The maximum absolute atomic E-state index is 5.70. The quantitative estimate of drug-likeness (QED) is 0.838. The van der Waals surface area contributed by atoms with Crippen LogP contribution in [0, 0.1) is 0 Å². The van der Waals surface area contributed by atoms with Gasteiger partial charge in [0.05, 0.1) is 14.2 Å². The second-order valence-electron chi connectivity index (χ2n) is 5.24. The fourth-order valence-corrected chi connectivity index (χ4v) is 3.15. The van der Waals surface area contributed by atoms with Crippen molar-refractivity contribution in [2.24, 2.45) is 0 Å². The minimum absolute atomic E-state index is 0.372. The first kappa shape index (κ1) is 15.1. The van der Waals surface area contributed by atoms with Crippen molar-refractivity contribution >= 4 is 0 Å². The topological polar surface area (TPSA) is 42.5 Å². The van der Waals surface area contributed by atoms with Gasteiger partial charge in [0, 0.05) is 29.3 Å². The zero-order valence-electron chi connectivity index (χ0n) is 13.0. The molecule has 2 N–H and O–H groups in total. The van der Waals surface area contributed by atoms with Gasteiger partial charge in [0.15, 0.2) is 0 Å². The smallest absolute Gasteiger partial charge is 0.127 e. The summed E-state index contributed by atoms with van der Waals surface area (Å²) >= 11 is 0. The van der Waals surface area contributed by atoms with E-state index in [0.29, 0.717) is 6.04 Å². The summed E-state index contributed by atoms with van der Waals surface area (Å²) in [5, 5.41) is 6.80. The normalized spacial score (nSPS) is 17.7. The predicted octanol–water partition coefficient (Wildman–Crippen LogP) is 2.41. The average molecular weight is 278 g/mol. The van der Waals surface area contributed by atoms with Gasteiger partial charge in [-0.3, -0.25) is 0 Å². The lowest BCUT2D eigenvalue weighted by molar-refractivity contribution is 0.366. The first-order valence-corrected chi connectivity index (χ1v) is 7.41. The lowest BCUT2D eigenvalue weighted by Crippen LogP contribution is -2.31. The van der Waals surface area contributed by atoms with E-state index >= 15 is 0 Å². The van der Waals surface area contributed by atoms with E-state index < -0.39 is 0 Å². The van der Waals surface area contributed by atoms with Crippen molar-refractivity contribution in [3.63, 3.8) is 0 Å². The molecule has 1 aromatic rings. The van der Waals surface area contributed by atoms with Gasteiger partial charge in [-0.25, -0.2) is 0 Å². The van der Waals surface area contributed by atoms with Crippen LogP contribution in [0.1, 0.15) is 42.5 Å². The van der Waals surface area contributed by atoms with Crippen LogP contribution in [0.3, 0.4) is 0 Å². The fourth-order valence-electron chi connectivity index (χ4n) is 3.15. The Morgan fingerprint density at radius 2 is 2.15 bits per heavy atom. The highest BCUT2D eigenvalue weighted by atomic mass is 16.5. The molecule has 0 aliphatic carbocycles. The molecule has 1 aromatic carbocycles. The fraction of sp³-hybridized carbons (Fsp3) is 0.625. The number of ether oxygens (including phenoxy) is 2. The molecule has 1 aliphatic heterocycles. The Balaban J connectivity index is 2.55. The molecule has 2 rings (SSSR count). The summed E-state index contributed by atoms with van der Waals surface area (Å²) in [6.45, 7) is 4.01. The molecule has 112 valence electrons. The lowest BCUT2D eigenvalue weighted by Gasteiger charge is -2.31. The second-order valence-corrected chi connectivity index (χ2v) is 5.24. The predicted molar refractivity (Wildman–Crippen MR) is 81.7 cm³/mol. The van der Waals surface area contributed by atoms with Gasteiger partial charge >= 0.3 is 0 Å². The van der Waals surface area contributed by atoms with E-state index in [1.54, 1.807) is 14.2 Å². The van der Waals surface area contributed by atoms with E-state index in [1.807, 2.05) is 7.05 Å². The molecule has 0 amide bonds. The number of hydrogen-bond acceptors (Lipinski definition) is 4. The molecule has 1 unspecified atom stereocenters. The zero-order valence-corrected chi connectivity index (χ0v) is 13.0. The Hall–Kier alpha value is -1.26. The van der Waals surface area contributed by atoms with E-state index in [1.165, 1.54) is 16.7 Å². The molecule has 0 aromatic heterocycles. The largest absolute Gasteiger partial charge is 0.496 e. The van der Waals surface area contributed by atoms with Gasteiger partial charge in [0.25, 0.3) is 0 Å². The Bertz CT molecular complexity index is 460. The van der Waals surface area contributed by atoms with Gasteiger partial charge < -0.3 is 20.1 Å². The molecule has 0 bridgehead atoms. The summed E-state index contributed by atoms with van der Waals surface area (Å²) in [5.41, 5.74) is 3.77. The molecular formula is C16H26N2O2. The Kier molecular flexibility index (Phi) is 5.26. The van der Waals surface area contributed by atoms with E-state index in [4.69, 9.17) is 9.47 Å². The molecule has 1 heterocycles. The van der Waals surface area contributed by atoms with Gasteiger partial charge in [-0.1, -0.05) is 13.3 Å². The summed E-state index contributed by atoms with van der Waals surface area (Å²) in [5.74, 6) is 2.01. The lowest BCUT2D eigenvalue weighted by atomic mass is 9.88. The third-order valence-corrected chi connectivity index (χ3v) is 3.94. The van der Waals surface area contributed by atoms with E-state index in [-0.39, 0.29) is 0 Å². The third-order valence-electron chi connectivity index (χ3n) is 3.94. The summed E-state index contributed by atoms with van der Waals surface area (Å²) in [7, 11) is 5.47. The van der Waals surface area contributed by atoms with Crippen molar-refractivity contribution in [3.05, 3.63) is 22.8 Å². The monoisotopic (exact) mass is 278 g/mol. The second kappa shape index (κ2) is 6.95. The van der Waals surface area contributed by atoms with Gasteiger partial charge in [-0.15, -0.1) is 0 Å². The Labute approximate surface area is 121 Å². The number of nitrogens with one attached hydrogen (secondary N) is 2. The standard InChI is InChI=1S/C16H26N2O2/c1-5-6-13-15-12(7-8-18-13)16(20-4)11(10-17-2)9-14(15)19-3/h9,13,17-18H,5-8,10H2,1-4H3. The van der Waals surface area contributed by atoms with Gasteiger partial charge in [-0.2, -0.15) is 0 Å². The summed E-state index contributed by atoms with van der Waals surface area (Å²) < 4.78 is 11.4. The highest BCUT2D eigenvalue weighted by molar-refractivity contribution is 5.56. The summed E-state index contributed by atoms with van der Waals surface area (Å²) in [4.78, 5) is 0. The molecule has 0 saturated carbocycles. The molecule has 1 atom stereocenters. The number of methoxy groups -OCH3 is 2. The Morgan fingerprint density at radius 1 is 1.35 bits per heavy atom. The summed E-state index contributed by atoms with van der Waals surface area (Å²) in [6, 6.07) is 2.49. The molecular weight excluding hydrogens is 252 g/mol. The zero-order chi connectivity index (χ0) is 14.5. The number of rotatable bonds is 6. The van der Waals surface area contributed by atoms with Crippen LogP contribution in [0.4, 0.5) is 0 Å². The van der Waals surface area contributed by atoms with Crippen molar-refractivity contribution in [3.8, 4) is 11.5 Å². The molecule has 1 aliphatic rings. The van der Waals surface area contributed by atoms with Crippen LogP contribution in [-0.2, 0) is 13.0 Å². The Morgan fingerprint density at radius 3 is 2.75 bits per heavy atom. The number of benzene rings is 1. The maximum atomic E-state index is 5.70. The van der Waals surface area contributed by atoms with Crippen LogP contribution in [0.2, 0.25) is 0 Å². The van der Waals surface area contributed by atoms with Crippen molar-refractivity contribution in [2.75, 3.05) is 27.8 Å². The van der Waals surface area contributed by atoms with E-state index in [0.717, 1.165) is 43.9 Å². The van der Waals surface area contributed by atoms with Crippen LogP contribution in [0.5, 0.6) is 11.5 Å². The summed E-state index contributed by atoms with van der Waals surface area (Å²) in [6.07, 6.45) is 3.27. The molecule has 0 radical (unpaired) electrons. The number of fused-ring (bicyclic) bond motifs is 1. The molecule has 4 heteroatoms. The minimum atomic E-state index is 0.372. The van der Waals surface area contributed by atoms with Crippen molar-refractivity contribution < 1.29 is 9.47 Å². The highest BCUT2D eigenvalue weighted by Gasteiger charge is 2.27. The van der Waals surface area contributed by atoms with Crippen LogP contribution >= 0.6 is 0 Å². The highest BCUT2D eigenvalue weighted by Crippen LogP contribution is 2.41. The molecule has 0 fully saturated rings. The third kappa shape index (κ3) is 2.76. The minimum Gasteiger partial charge on any atom is -0.496 e. The van der Waals surface area contributed by atoms with Crippen LogP contribution in [0.25, 0.3) is 0 Å². The molecule has 20 heavy (non-hydrogen) atoms. The van der Waals surface area contributed by atoms with Crippen LogP contribution < -0.4 is 20.1 Å². The molecule has 0 spiro atoms. The van der Waals surface area contributed by atoms with Gasteiger partial charge in [-0.05, 0) is 32.5 Å².